The summed E-state index contributed by atoms with van der Waals surface area (Å²) in [4.78, 5) is 8.06. The second-order valence-electron chi connectivity index (χ2n) is 4.33. The zero-order chi connectivity index (χ0) is 13.0. The van der Waals surface area contributed by atoms with Crippen molar-refractivity contribution in [2.75, 3.05) is 0 Å². The van der Waals surface area contributed by atoms with E-state index in [-0.39, 0.29) is 6.61 Å². The molecule has 2 aromatic rings. The summed E-state index contributed by atoms with van der Waals surface area (Å²) in [5.41, 5.74) is 1.75. The number of hydrogen-bond acceptors (Lipinski definition) is 4. The number of aliphatic hydroxyl groups excluding tert-OH is 1. The topological polar surface area (TPSA) is 55.2 Å². The van der Waals surface area contributed by atoms with E-state index in [4.69, 9.17) is 9.84 Å². The molecular formula is C14H16N2O2. The molecule has 0 bridgehead atoms. The zero-order valence-corrected chi connectivity index (χ0v) is 10.5. The van der Waals surface area contributed by atoms with Gasteiger partial charge in [-0.1, -0.05) is 26.0 Å². The van der Waals surface area contributed by atoms with Crippen molar-refractivity contribution in [1.29, 1.82) is 0 Å². The van der Waals surface area contributed by atoms with Crippen LogP contribution < -0.4 is 4.74 Å². The average Bonchev–Trinajstić information content (AvgIpc) is 2.39. The van der Waals surface area contributed by atoms with E-state index in [1.807, 2.05) is 24.3 Å². The Morgan fingerprint density at radius 3 is 2.50 bits per heavy atom. The molecule has 1 aromatic heterocycles. The molecule has 0 atom stereocenters. The van der Waals surface area contributed by atoms with Crippen LogP contribution in [0.2, 0.25) is 0 Å². The van der Waals surface area contributed by atoms with E-state index in [2.05, 4.69) is 23.8 Å². The van der Waals surface area contributed by atoms with Crippen molar-refractivity contribution < 1.29 is 9.84 Å². The summed E-state index contributed by atoms with van der Waals surface area (Å²) in [6, 6.07) is 7.87. The van der Waals surface area contributed by atoms with Gasteiger partial charge in [-0.2, -0.15) is 0 Å². The van der Waals surface area contributed by atoms with Gasteiger partial charge in [0, 0.05) is 0 Å². The minimum absolute atomic E-state index is 0.142. The van der Waals surface area contributed by atoms with Crippen molar-refractivity contribution >= 4 is 0 Å². The quantitative estimate of drug-likeness (QED) is 0.898. The molecule has 2 rings (SSSR count). The van der Waals surface area contributed by atoms with E-state index in [1.54, 1.807) is 0 Å². The van der Waals surface area contributed by atoms with Gasteiger partial charge in [-0.3, -0.25) is 4.98 Å². The number of hydrogen-bond donors (Lipinski definition) is 1. The number of rotatable bonds is 4. The first-order chi connectivity index (χ1) is 8.69. The van der Waals surface area contributed by atoms with Gasteiger partial charge in [-0.15, -0.1) is 0 Å². The Morgan fingerprint density at radius 2 is 1.89 bits per heavy atom. The fraction of sp³-hybridized carbons (Fsp3) is 0.286. The Hall–Kier alpha value is -1.94. The number of benzene rings is 1. The highest BCUT2D eigenvalue weighted by Gasteiger charge is 2.03. The molecule has 0 aliphatic carbocycles. The minimum atomic E-state index is -0.142. The maximum absolute atomic E-state index is 8.97. The van der Waals surface area contributed by atoms with E-state index in [9.17, 15) is 0 Å². The zero-order valence-electron chi connectivity index (χ0n) is 10.5. The highest BCUT2D eigenvalue weighted by atomic mass is 16.5. The second-order valence-corrected chi connectivity index (χ2v) is 4.33. The molecule has 4 heteroatoms. The van der Waals surface area contributed by atoms with Gasteiger partial charge in [0.15, 0.2) is 0 Å². The van der Waals surface area contributed by atoms with Gasteiger partial charge in [0.05, 0.1) is 24.7 Å². The molecule has 0 aliphatic heterocycles. The van der Waals surface area contributed by atoms with Gasteiger partial charge < -0.3 is 9.84 Å². The van der Waals surface area contributed by atoms with Crippen molar-refractivity contribution in [3.63, 3.8) is 0 Å². The van der Waals surface area contributed by atoms with Gasteiger partial charge in [0.1, 0.15) is 5.75 Å². The van der Waals surface area contributed by atoms with Crippen LogP contribution in [-0.4, -0.2) is 15.1 Å². The van der Waals surface area contributed by atoms with Gasteiger partial charge in [0.25, 0.3) is 0 Å². The molecule has 0 saturated heterocycles. The van der Waals surface area contributed by atoms with Crippen LogP contribution in [0, 0.1) is 0 Å². The first kappa shape index (κ1) is 12.5. The van der Waals surface area contributed by atoms with Crippen LogP contribution in [0.25, 0.3) is 0 Å². The first-order valence-corrected chi connectivity index (χ1v) is 5.88. The lowest BCUT2D eigenvalue weighted by Crippen LogP contribution is -1.95. The van der Waals surface area contributed by atoms with Crippen molar-refractivity contribution in [3.05, 3.63) is 47.9 Å². The molecule has 0 aliphatic rings. The van der Waals surface area contributed by atoms with E-state index < -0.39 is 0 Å². The van der Waals surface area contributed by atoms with Gasteiger partial charge in [0.2, 0.25) is 5.88 Å². The number of ether oxygens (including phenoxy) is 1. The molecule has 94 valence electrons. The predicted octanol–water partition coefficient (Wildman–Crippen LogP) is 2.88. The summed E-state index contributed by atoms with van der Waals surface area (Å²) in [6.07, 6.45) is 3.03. The molecule has 1 N–H and O–H groups in total. The van der Waals surface area contributed by atoms with Crippen molar-refractivity contribution in [1.82, 2.24) is 9.97 Å². The molecular weight excluding hydrogens is 228 g/mol. The standard InChI is InChI=1S/C14H16N2O2/c1-10(2)11-3-5-13(6-4-11)18-14-8-15-7-12(9-17)16-14/h3-8,10,17H,9H2,1-2H3. The fourth-order valence-electron chi connectivity index (χ4n) is 1.55. The molecule has 0 spiro atoms. The van der Waals surface area contributed by atoms with Crippen LogP contribution in [0.15, 0.2) is 36.7 Å². The van der Waals surface area contributed by atoms with Crippen LogP contribution in [0.3, 0.4) is 0 Å². The van der Waals surface area contributed by atoms with E-state index in [0.29, 0.717) is 23.2 Å². The highest BCUT2D eigenvalue weighted by molar-refractivity contribution is 5.31. The minimum Gasteiger partial charge on any atom is -0.437 e. The maximum Gasteiger partial charge on any atom is 0.238 e. The summed E-state index contributed by atoms with van der Waals surface area (Å²) in [5, 5.41) is 8.97. The van der Waals surface area contributed by atoms with Crippen LogP contribution in [-0.2, 0) is 6.61 Å². The molecule has 1 heterocycles. The van der Waals surface area contributed by atoms with Crippen molar-refractivity contribution in [2.45, 2.75) is 26.4 Å². The molecule has 0 saturated carbocycles. The molecule has 0 radical (unpaired) electrons. The Morgan fingerprint density at radius 1 is 1.17 bits per heavy atom. The lowest BCUT2D eigenvalue weighted by Gasteiger charge is -2.08. The second kappa shape index (κ2) is 5.60. The summed E-state index contributed by atoms with van der Waals surface area (Å²) in [7, 11) is 0. The first-order valence-electron chi connectivity index (χ1n) is 5.88. The Kier molecular flexibility index (Phi) is 3.89. The Balaban J connectivity index is 2.13. The van der Waals surface area contributed by atoms with Gasteiger partial charge in [-0.25, -0.2) is 4.98 Å². The van der Waals surface area contributed by atoms with Crippen molar-refractivity contribution in [3.8, 4) is 11.6 Å². The van der Waals surface area contributed by atoms with E-state index >= 15 is 0 Å². The highest BCUT2D eigenvalue weighted by Crippen LogP contribution is 2.22. The number of nitrogens with zero attached hydrogens (tertiary/aromatic N) is 2. The summed E-state index contributed by atoms with van der Waals surface area (Å²) < 4.78 is 5.57. The predicted molar refractivity (Wildman–Crippen MR) is 68.6 cm³/mol. The molecule has 0 unspecified atom stereocenters. The molecule has 18 heavy (non-hydrogen) atoms. The normalized spacial score (nSPS) is 10.7. The third kappa shape index (κ3) is 3.05. The van der Waals surface area contributed by atoms with E-state index in [0.717, 1.165) is 0 Å². The van der Waals surface area contributed by atoms with Crippen LogP contribution in [0.1, 0.15) is 31.0 Å². The summed E-state index contributed by atoms with van der Waals surface area (Å²) >= 11 is 0. The smallest absolute Gasteiger partial charge is 0.238 e. The van der Waals surface area contributed by atoms with Crippen molar-refractivity contribution in [2.24, 2.45) is 0 Å². The maximum atomic E-state index is 8.97. The Labute approximate surface area is 106 Å². The number of aliphatic hydroxyl groups is 1. The van der Waals surface area contributed by atoms with Crippen LogP contribution >= 0.6 is 0 Å². The van der Waals surface area contributed by atoms with Gasteiger partial charge in [-0.05, 0) is 23.6 Å². The summed E-state index contributed by atoms with van der Waals surface area (Å²) in [5.74, 6) is 1.60. The third-order valence-corrected chi connectivity index (χ3v) is 2.59. The Bertz CT molecular complexity index is 509. The third-order valence-electron chi connectivity index (χ3n) is 2.59. The molecule has 1 aromatic carbocycles. The van der Waals surface area contributed by atoms with Gasteiger partial charge >= 0.3 is 0 Å². The average molecular weight is 244 g/mol. The molecule has 4 nitrogen and oxygen atoms in total. The van der Waals surface area contributed by atoms with Crippen LogP contribution in [0.5, 0.6) is 11.6 Å². The fourth-order valence-corrected chi connectivity index (χ4v) is 1.55. The number of aromatic nitrogens is 2. The van der Waals surface area contributed by atoms with E-state index in [1.165, 1.54) is 18.0 Å². The molecule has 0 fully saturated rings. The lowest BCUT2D eigenvalue weighted by atomic mass is 10.0. The lowest BCUT2D eigenvalue weighted by molar-refractivity contribution is 0.274. The SMILES string of the molecule is CC(C)c1ccc(Oc2cncc(CO)n2)cc1. The summed E-state index contributed by atoms with van der Waals surface area (Å²) in [6.45, 7) is 4.15. The molecule has 0 amide bonds. The van der Waals surface area contributed by atoms with Crippen LogP contribution in [0.4, 0.5) is 0 Å². The largest absolute Gasteiger partial charge is 0.437 e. The monoisotopic (exact) mass is 244 g/mol.